The number of benzene rings is 2. The van der Waals surface area contributed by atoms with Crippen molar-refractivity contribution in [3.63, 3.8) is 0 Å². The lowest BCUT2D eigenvalue weighted by Gasteiger charge is -2.25. The Morgan fingerprint density at radius 1 is 1.10 bits per heavy atom. The first-order valence-electron chi connectivity index (χ1n) is 7.11. The van der Waals surface area contributed by atoms with E-state index < -0.39 is 0 Å². The molecular weight excluding hydrogens is 268 g/mol. The molecule has 0 fully saturated rings. The maximum absolute atomic E-state index is 6.09. The van der Waals surface area contributed by atoms with Gasteiger partial charge in [-0.1, -0.05) is 35.9 Å². The fraction of sp³-hybridized carbons (Fsp3) is 0.294. The SMILES string of the molecule is Nc1cc(Cl)ccc1CN1CCCCc2ccccc21. The summed E-state index contributed by atoms with van der Waals surface area (Å²) >= 11 is 5.97. The van der Waals surface area contributed by atoms with Crippen molar-refractivity contribution in [2.75, 3.05) is 17.2 Å². The van der Waals surface area contributed by atoms with Gasteiger partial charge in [0.15, 0.2) is 0 Å². The Morgan fingerprint density at radius 2 is 1.95 bits per heavy atom. The third-order valence-corrected chi connectivity index (χ3v) is 4.16. The van der Waals surface area contributed by atoms with Gasteiger partial charge in [-0.15, -0.1) is 0 Å². The zero-order valence-electron chi connectivity index (χ0n) is 11.5. The molecule has 1 aliphatic heterocycles. The number of hydrogen-bond acceptors (Lipinski definition) is 2. The number of nitrogens with zero attached hydrogens (tertiary/aromatic N) is 1. The summed E-state index contributed by atoms with van der Waals surface area (Å²) in [5.41, 5.74) is 10.8. The first-order valence-corrected chi connectivity index (χ1v) is 7.48. The number of aryl methyl sites for hydroxylation is 1. The van der Waals surface area contributed by atoms with E-state index in [-0.39, 0.29) is 0 Å². The Hall–Kier alpha value is -1.67. The molecule has 2 aromatic rings. The van der Waals surface area contributed by atoms with Gasteiger partial charge in [-0.2, -0.15) is 0 Å². The van der Waals surface area contributed by atoms with Crippen molar-refractivity contribution in [2.24, 2.45) is 0 Å². The van der Waals surface area contributed by atoms with Crippen LogP contribution < -0.4 is 10.6 Å². The molecule has 2 nitrogen and oxygen atoms in total. The van der Waals surface area contributed by atoms with E-state index in [9.17, 15) is 0 Å². The maximum atomic E-state index is 6.09. The summed E-state index contributed by atoms with van der Waals surface area (Å²) in [6, 6.07) is 14.5. The van der Waals surface area contributed by atoms with Crippen molar-refractivity contribution in [2.45, 2.75) is 25.8 Å². The summed E-state index contributed by atoms with van der Waals surface area (Å²) in [4.78, 5) is 2.43. The molecule has 3 rings (SSSR count). The molecule has 1 aliphatic rings. The van der Waals surface area contributed by atoms with Crippen molar-refractivity contribution >= 4 is 23.0 Å². The Balaban J connectivity index is 1.90. The van der Waals surface area contributed by atoms with Crippen LogP contribution >= 0.6 is 11.6 Å². The number of nitrogens with two attached hydrogens (primary N) is 1. The van der Waals surface area contributed by atoms with E-state index in [1.807, 2.05) is 18.2 Å². The zero-order chi connectivity index (χ0) is 13.9. The molecule has 0 aliphatic carbocycles. The number of nitrogen functional groups attached to an aromatic ring is 1. The molecule has 20 heavy (non-hydrogen) atoms. The van der Waals surface area contributed by atoms with Gasteiger partial charge >= 0.3 is 0 Å². The fourth-order valence-electron chi connectivity index (χ4n) is 2.85. The van der Waals surface area contributed by atoms with E-state index in [1.54, 1.807) is 0 Å². The van der Waals surface area contributed by atoms with E-state index in [1.165, 1.54) is 30.5 Å². The third kappa shape index (κ3) is 2.75. The lowest BCUT2D eigenvalue weighted by Crippen LogP contribution is -2.24. The van der Waals surface area contributed by atoms with Crippen LogP contribution in [0.15, 0.2) is 42.5 Å². The van der Waals surface area contributed by atoms with E-state index in [0.29, 0.717) is 5.02 Å². The minimum Gasteiger partial charge on any atom is -0.398 e. The van der Waals surface area contributed by atoms with Crippen LogP contribution in [-0.4, -0.2) is 6.54 Å². The molecule has 104 valence electrons. The average molecular weight is 287 g/mol. The molecular formula is C17H19ClN2. The molecule has 2 N–H and O–H groups in total. The second-order valence-electron chi connectivity index (χ2n) is 5.35. The molecule has 3 heteroatoms. The second kappa shape index (κ2) is 5.76. The molecule has 0 atom stereocenters. The molecule has 0 aromatic heterocycles. The highest BCUT2D eigenvalue weighted by atomic mass is 35.5. The standard InChI is InChI=1S/C17H19ClN2/c18-15-9-8-14(16(19)11-15)12-20-10-4-3-6-13-5-1-2-7-17(13)20/h1-2,5,7-9,11H,3-4,6,10,12,19H2. The van der Waals surface area contributed by atoms with Crippen LogP contribution in [0.2, 0.25) is 5.02 Å². The molecule has 0 bridgehead atoms. The van der Waals surface area contributed by atoms with Gasteiger partial charge in [0.05, 0.1) is 0 Å². The highest BCUT2D eigenvalue weighted by Crippen LogP contribution is 2.29. The molecule has 0 saturated carbocycles. The van der Waals surface area contributed by atoms with Crippen molar-refractivity contribution in [1.29, 1.82) is 0 Å². The van der Waals surface area contributed by atoms with Gasteiger partial charge in [-0.25, -0.2) is 0 Å². The summed E-state index contributed by atoms with van der Waals surface area (Å²) in [5, 5.41) is 0.697. The first-order chi connectivity index (χ1) is 9.74. The number of halogens is 1. The van der Waals surface area contributed by atoms with Gasteiger partial charge in [0, 0.05) is 29.5 Å². The van der Waals surface area contributed by atoms with Crippen LogP contribution in [0.4, 0.5) is 11.4 Å². The average Bonchev–Trinajstić information content (AvgIpc) is 2.65. The topological polar surface area (TPSA) is 29.3 Å². The molecule has 0 saturated heterocycles. The van der Waals surface area contributed by atoms with Gasteiger partial charge in [0.2, 0.25) is 0 Å². The molecule has 0 radical (unpaired) electrons. The third-order valence-electron chi connectivity index (χ3n) is 3.93. The van der Waals surface area contributed by atoms with Gasteiger partial charge < -0.3 is 10.6 Å². The van der Waals surface area contributed by atoms with Gasteiger partial charge in [-0.05, 0) is 48.6 Å². The summed E-state index contributed by atoms with van der Waals surface area (Å²) in [6.07, 6.45) is 3.65. The largest absolute Gasteiger partial charge is 0.398 e. The van der Waals surface area contributed by atoms with Gasteiger partial charge in [-0.3, -0.25) is 0 Å². The van der Waals surface area contributed by atoms with Gasteiger partial charge in [0.1, 0.15) is 0 Å². The summed E-state index contributed by atoms with van der Waals surface area (Å²) in [7, 11) is 0. The summed E-state index contributed by atoms with van der Waals surface area (Å²) in [6.45, 7) is 1.93. The molecule has 0 amide bonds. The van der Waals surface area contributed by atoms with Crippen LogP contribution in [0.3, 0.4) is 0 Å². The Bertz CT molecular complexity index is 610. The van der Waals surface area contributed by atoms with Crippen LogP contribution in [0.1, 0.15) is 24.0 Å². The Kier molecular flexibility index (Phi) is 3.83. The Morgan fingerprint density at radius 3 is 2.80 bits per heavy atom. The van der Waals surface area contributed by atoms with Crippen LogP contribution in [0.25, 0.3) is 0 Å². The summed E-state index contributed by atoms with van der Waals surface area (Å²) < 4.78 is 0. The summed E-state index contributed by atoms with van der Waals surface area (Å²) in [5.74, 6) is 0. The van der Waals surface area contributed by atoms with Crippen molar-refractivity contribution in [1.82, 2.24) is 0 Å². The van der Waals surface area contributed by atoms with E-state index in [4.69, 9.17) is 17.3 Å². The molecule has 0 unspecified atom stereocenters. The van der Waals surface area contributed by atoms with Crippen LogP contribution in [0, 0.1) is 0 Å². The minimum atomic E-state index is 0.697. The van der Waals surface area contributed by atoms with Crippen LogP contribution in [0.5, 0.6) is 0 Å². The molecule has 2 aromatic carbocycles. The van der Waals surface area contributed by atoms with Crippen molar-refractivity contribution in [3.8, 4) is 0 Å². The van der Waals surface area contributed by atoms with E-state index in [0.717, 1.165) is 24.3 Å². The number of rotatable bonds is 2. The smallest absolute Gasteiger partial charge is 0.0449 e. The quantitative estimate of drug-likeness (QED) is 0.836. The fourth-order valence-corrected chi connectivity index (χ4v) is 3.03. The zero-order valence-corrected chi connectivity index (χ0v) is 12.2. The second-order valence-corrected chi connectivity index (χ2v) is 5.79. The Labute approximate surface area is 125 Å². The number of hydrogen-bond donors (Lipinski definition) is 1. The lowest BCUT2D eigenvalue weighted by molar-refractivity contribution is 0.715. The lowest BCUT2D eigenvalue weighted by atomic mass is 10.1. The van der Waals surface area contributed by atoms with Gasteiger partial charge in [0.25, 0.3) is 0 Å². The van der Waals surface area contributed by atoms with Crippen LogP contribution in [-0.2, 0) is 13.0 Å². The normalized spacial score (nSPS) is 14.8. The number of para-hydroxylation sites is 1. The molecule has 1 heterocycles. The number of anilines is 2. The minimum absolute atomic E-state index is 0.697. The highest BCUT2D eigenvalue weighted by molar-refractivity contribution is 6.30. The maximum Gasteiger partial charge on any atom is 0.0449 e. The molecule has 0 spiro atoms. The predicted octanol–water partition coefficient (Wildman–Crippen LogP) is 4.27. The van der Waals surface area contributed by atoms with E-state index >= 15 is 0 Å². The highest BCUT2D eigenvalue weighted by Gasteiger charge is 2.15. The van der Waals surface area contributed by atoms with E-state index in [2.05, 4.69) is 29.2 Å². The van der Waals surface area contributed by atoms with Crippen molar-refractivity contribution in [3.05, 3.63) is 58.6 Å². The predicted molar refractivity (Wildman–Crippen MR) is 86.3 cm³/mol. The van der Waals surface area contributed by atoms with Crippen molar-refractivity contribution < 1.29 is 0 Å². The monoisotopic (exact) mass is 286 g/mol. The first kappa shape index (κ1) is 13.3. The number of fused-ring (bicyclic) bond motifs is 1.